The molecule has 16 heavy (non-hydrogen) atoms. The fraction of sp³-hybridized carbons (Fsp3) is 0.400. The summed E-state index contributed by atoms with van der Waals surface area (Å²) in [4.78, 5) is 0.911. The number of anilines is 2. The minimum atomic E-state index is -4.36. The molecule has 0 saturated carbocycles. The molecule has 6 heteroatoms. The van der Waals surface area contributed by atoms with Crippen LogP contribution in [0.25, 0.3) is 0 Å². The zero-order chi connectivity index (χ0) is 12.3. The Bertz CT molecular complexity index is 362. The zero-order valence-corrected chi connectivity index (χ0v) is 8.68. The van der Waals surface area contributed by atoms with E-state index in [2.05, 4.69) is 0 Å². The Hall–Kier alpha value is -1.46. The molecule has 90 valence electrons. The van der Waals surface area contributed by atoms with Crippen LogP contribution in [-0.2, 0) is 0 Å². The van der Waals surface area contributed by atoms with Crippen LogP contribution in [-0.4, -0.2) is 19.3 Å². The van der Waals surface area contributed by atoms with Gasteiger partial charge < -0.3 is 10.6 Å². The Morgan fingerprint density at radius 3 is 2.38 bits per heavy atom. The average molecular weight is 236 g/mol. The molecule has 0 heterocycles. The van der Waals surface area contributed by atoms with Crippen molar-refractivity contribution in [2.75, 3.05) is 23.7 Å². The molecule has 0 bridgehead atoms. The van der Waals surface area contributed by atoms with E-state index >= 15 is 0 Å². The van der Waals surface area contributed by atoms with Gasteiger partial charge in [-0.25, -0.2) is 4.39 Å². The summed E-state index contributed by atoms with van der Waals surface area (Å²) in [5.74, 6) is -0.744. The first-order chi connectivity index (χ1) is 7.33. The van der Waals surface area contributed by atoms with Gasteiger partial charge in [-0.2, -0.15) is 13.2 Å². The number of rotatable bonds is 3. The average Bonchev–Trinajstić information content (AvgIpc) is 2.13. The van der Waals surface area contributed by atoms with Crippen molar-refractivity contribution in [2.45, 2.75) is 13.1 Å². The first-order valence-electron chi connectivity index (χ1n) is 4.70. The molecule has 0 spiro atoms. The van der Waals surface area contributed by atoms with Gasteiger partial charge in [-0.1, -0.05) is 0 Å². The van der Waals surface area contributed by atoms with Crippen molar-refractivity contribution in [3.8, 4) is 0 Å². The Balaban J connectivity index is 2.95. The molecule has 0 aliphatic carbocycles. The summed E-state index contributed by atoms with van der Waals surface area (Å²) in [6.45, 7) is 0.423. The second kappa shape index (κ2) is 4.59. The second-order valence-corrected chi connectivity index (χ2v) is 3.34. The largest absolute Gasteiger partial charge is 0.405 e. The van der Waals surface area contributed by atoms with Crippen LogP contribution >= 0.6 is 0 Å². The highest BCUT2D eigenvalue weighted by Crippen LogP contribution is 2.25. The van der Waals surface area contributed by atoms with E-state index in [1.54, 1.807) is 0 Å². The lowest BCUT2D eigenvalue weighted by molar-refractivity contribution is -0.119. The van der Waals surface area contributed by atoms with E-state index in [0.29, 0.717) is 0 Å². The molecule has 1 aromatic carbocycles. The SMILES string of the molecule is CCN(CC(F)(F)F)c1ccc(N)cc1F. The van der Waals surface area contributed by atoms with Gasteiger partial charge in [0.2, 0.25) is 0 Å². The molecule has 0 aromatic heterocycles. The first kappa shape index (κ1) is 12.6. The Morgan fingerprint density at radius 1 is 1.31 bits per heavy atom. The lowest BCUT2D eigenvalue weighted by atomic mass is 10.2. The summed E-state index contributed by atoms with van der Waals surface area (Å²) >= 11 is 0. The van der Waals surface area contributed by atoms with E-state index in [9.17, 15) is 17.6 Å². The fourth-order valence-electron chi connectivity index (χ4n) is 1.36. The van der Waals surface area contributed by atoms with Gasteiger partial charge >= 0.3 is 6.18 Å². The van der Waals surface area contributed by atoms with Gasteiger partial charge in [0.25, 0.3) is 0 Å². The van der Waals surface area contributed by atoms with Crippen molar-refractivity contribution in [1.82, 2.24) is 0 Å². The number of hydrogen-bond acceptors (Lipinski definition) is 2. The van der Waals surface area contributed by atoms with Crippen molar-refractivity contribution in [1.29, 1.82) is 0 Å². The summed E-state index contributed by atoms with van der Waals surface area (Å²) < 4.78 is 50.0. The number of benzene rings is 1. The second-order valence-electron chi connectivity index (χ2n) is 3.34. The van der Waals surface area contributed by atoms with Gasteiger partial charge in [0.15, 0.2) is 0 Å². The third-order valence-electron chi connectivity index (χ3n) is 2.06. The molecule has 0 amide bonds. The smallest absolute Gasteiger partial charge is 0.399 e. The van der Waals surface area contributed by atoms with Gasteiger partial charge in [-0.15, -0.1) is 0 Å². The van der Waals surface area contributed by atoms with Crippen LogP contribution in [0.1, 0.15) is 6.92 Å². The summed E-state index contributed by atoms with van der Waals surface area (Å²) in [5.41, 5.74) is 5.41. The van der Waals surface area contributed by atoms with Crippen molar-refractivity contribution in [2.24, 2.45) is 0 Å². The number of alkyl halides is 3. The lowest BCUT2D eigenvalue weighted by Gasteiger charge is -2.24. The Kier molecular flexibility index (Phi) is 3.62. The van der Waals surface area contributed by atoms with E-state index in [1.807, 2.05) is 0 Å². The molecule has 2 N–H and O–H groups in total. The van der Waals surface area contributed by atoms with E-state index in [4.69, 9.17) is 5.73 Å². The number of hydrogen-bond donors (Lipinski definition) is 1. The molecule has 0 unspecified atom stereocenters. The minimum Gasteiger partial charge on any atom is -0.399 e. The molecule has 1 aromatic rings. The van der Waals surface area contributed by atoms with Crippen molar-refractivity contribution in [3.05, 3.63) is 24.0 Å². The highest BCUT2D eigenvalue weighted by atomic mass is 19.4. The molecule has 0 radical (unpaired) electrons. The monoisotopic (exact) mass is 236 g/mol. The van der Waals surface area contributed by atoms with Crippen molar-refractivity contribution >= 4 is 11.4 Å². The molecule has 0 fully saturated rings. The summed E-state index contributed by atoms with van der Waals surface area (Å²) in [7, 11) is 0. The number of nitrogens with two attached hydrogens (primary N) is 1. The van der Waals surface area contributed by atoms with Crippen LogP contribution in [0.15, 0.2) is 18.2 Å². The lowest BCUT2D eigenvalue weighted by Crippen LogP contribution is -2.34. The zero-order valence-electron chi connectivity index (χ0n) is 8.68. The first-order valence-corrected chi connectivity index (χ1v) is 4.70. The minimum absolute atomic E-state index is 0.0698. The highest BCUT2D eigenvalue weighted by Gasteiger charge is 2.31. The maximum atomic E-state index is 13.4. The predicted molar refractivity (Wildman–Crippen MR) is 54.8 cm³/mol. The van der Waals surface area contributed by atoms with E-state index in [-0.39, 0.29) is 17.9 Å². The van der Waals surface area contributed by atoms with Gasteiger partial charge in [0.1, 0.15) is 12.4 Å². The Morgan fingerprint density at radius 2 is 1.94 bits per heavy atom. The van der Waals surface area contributed by atoms with Crippen LogP contribution in [0.4, 0.5) is 28.9 Å². The third-order valence-corrected chi connectivity index (χ3v) is 2.06. The number of nitrogen functional groups attached to an aromatic ring is 1. The molecule has 2 nitrogen and oxygen atoms in total. The maximum absolute atomic E-state index is 13.4. The van der Waals surface area contributed by atoms with Crippen molar-refractivity contribution < 1.29 is 17.6 Å². The maximum Gasteiger partial charge on any atom is 0.405 e. The standard InChI is InChI=1S/C10H12F4N2/c1-2-16(6-10(12,13)14)9-4-3-7(15)5-8(9)11/h3-5H,2,6,15H2,1H3. The summed E-state index contributed by atoms with van der Waals surface area (Å²) in [6.07, 6.45) is -4.36. The normalized spacial score (nSPS) is 11.6. The third kappa shape index (κ3) is 3.29. The van der Waals surface area contributed by atoms with Gasteiger partial charge in [-0.05, 0) is 25.1 Å². The van der Waals surface area contributed by atoms with Crippen LogP contribution in [0.5, 0.6) is 0 Å². The van der Waals surface area contributed by atoms with Crippen LogP contribution < -0.4 is 10.6 Å². The van der Waals surface area contributed by atoms with Crippen molar-refractivity contribution in [3.63, 3.8) is 0 Å². The number of nitrogens with zero attached hydrogens (tertiary/aromatic N) is 1. The van der Waals surface area contributed by atoms with Gasteiger partial charge in [0.05, 0.1) is 5.69 Å². The predicted octanol–water partition coefficient (Wildman–Crippen LogP) is 2.80. The van der Waals surface area contributed by atoms with Crippen LogP contribution in [0.3, 0.4) is 0 Å². The molecular formula is C10H12F4N2. The molecule has 0 saturated heterocycles. The number of halogens is 4. The highest BCUT2D eigenvalue weighted by molar-refractivity contribution is 5.54. The van der Waals surface area contributed by atoms with Crippen LogP contribution in [0, 0.1) is 5.82 Å². The molecule has 1 rings (SSSR count). The van der Waals surface area contributed by atoms with E-state index in [0.717, 1.165) is 11.0 Å². The van der Waals surface area contributed by atoms with Gasteiger partial charge in [0, 0.05) is 12.2 Å². The topological polar surface area (TPSA) is 29.3 Å². The molecule has 0 aliphatic rings. The van der Waals surface area contributed by atoms with Gasteiger partial charge in [-0.3, -0.25) is 0 Å². The van der Waals surface area contributed by atoms with E-state index in [1.165, 1.54) is 19.1 Å². The van der Waals surface area contributed by atoms with E-state index < -0.39 is 18.5 Å². The molecular weight excluding hydrogens is 224 g/mol. The van der Waals surface area contributed by atoms with Crippen LogP contribution in [0.2, 0.25) is 0 Å². The quantitative estimate of drug-likeness (QED) is 0.646. The Labute approximate surface area is 90.7 Å². The summed E-state index contributed by atoms with van der Waals surface area (Å²) in [5, 5.41) is 0. The molecule has 0 atom stereocenters. The molecule has 0 aliphatic heterocycles. The summed E-state index contributed by atoms with van der Waals surface area (Å²) in [6, 6.07) is 3.63. The fourth-order valence-corrected chi connectivity index (χ4v) is 1.36.